The first-order valence-corrected chi connectivity index (χ1v) is 34.2. The number of fused-ring (bicyclic) bond motifs is 4. The number of ether oxygens (including phenoxy) is 1. The van der Waals surface area contributed by atoms with Crippen LogP contribution in [-0.4, -0.2) is 21.2 Å². The van der Waals surface area contributed by atoms with Crippen LogP contribution in [0.15, 0.2) is 133 Å². The fourth-order valence-electron chi connectivity index (χ4n) is 13.5. The van der Waals surface area contributed by atoms with Crippen molar-refractivity contribution >= 4 is 16.5 Å². The van der Waals surface area contributed by atoms with Crippen LogP contribution in [0.5, 0.6) is 5.75 Å². The van der Waals surface area contributed by atoms with Crippen molar-refractivity contribution in [2.45, 2.75) is 234 Å². The van der Waals surface area contributed by atoms with Crippen molar-refractivity contribution < 1.29 is 9.02 Å². The summed E-state index contributed by atoms with van der Waals surface area (Å²) < 4.78 is 5.04. The van der Waals surface area contributed by atoms with Crippen LogP contribution in [0.2, 0.25) is 0 Å². The zero-order chi connectivity index (χ0) is 62.6. The first kappa shape index (κ1) is 75.5. The molecule has 0 aliphatic heterocycles. The quantitative estimate of drug-likeness (QED) is 0.167. The van der Waals surface area contributed by atoms with Gasteiger partial charge in [-0.2, -0.15) is 0 Å². The maximum absolute atomic E-state index is 5.04. The predicted molar refractivity (Wildman–Crippen MR) is 386 cm³/mol. The summed E-state index contributed by atoms with van der Waals surface area (Å²) in [6, 6.07) is 37.5. The van der Waals surface area contributed by atoms with Gasteiger partial charge in [-0.3, -0.25) is 0 Å². The second-order valence-electron chi connectivity index (χ2n) is 27.0. The van der Waals surface area contributed by atoms with Crippen molar-refractivity contribution in [2.24, 2.45) is 71.0 Å². The first-order chi connectivity index (χ1) is 40.2. The summed E-state index contributed by atoms with van der Waals surface area (Å²) in [5, 5.41) is 2.75. The molecule has 5 fully saturated rings. The number of hydrogen-bond donors (Lipinski definition) is 0. The van der Waals surface area contributed by atoms with E-state index in [1.165, 1.54) is 140 Å². The minimum absolute atomic E-state index is 0. The summed E-state index contributed by atoms with van der Waals surface area (Å²) >= 11 is 0. The molecule has 6 aliphatic carbocycles. The zero-order valence-electron chi connectivity index (χ0n) is 58.5. The molecule has 0 spiro atoms. The lowest BCUT2D eigenvalue weighted by molar-refractivity contribution is 0.0652. The Kier molecular flexibility index (Phi) is 38.8. The largest absolute Gasteiger partial charge is 0.496 e. The molecule has 0 heterocycles. The molecule has 84 heavy (non-hydrogen) atoms. The highest BCUT2D eigenvalue weighted by Gasteiger charge is 2.42. The Labute approximate surface area is 526 Å². The van der Waals surface area contributed by atoms with E-state index in [1.807, 2.05) is 57.2 Å². The molecule has 5 aromatic carbocycles. The fraction of sp³-hybridized carbons (Fsp3) is 0.610. The van der Waals surface area contributed by atoms with Gasteiger partial charge in [-0.1, -0.05) is 268 Å². The molecular weight excluding hydrogens is 1010 g/mol. The minimum atomic E-state index is 0. The molecule has 476 valence electrons. The summed E-state index contributed by atoms with van der Waals surface area (Å²) in [6.45, 7) is 40.3. The third-order valence-electron chi connectivity index (χ3n) is 20.3. The van der Waals surface area contributed by atoms with Crippen molar-refractivity contribution in [1.82, 2.24) is 0 Å². The minimum Gasteiger partial charge on any atom is -0.496 e. The van der Waals surface area contributed by atoms with Gasteiger partial charge < -0.3 is 9.64 Å². The highest BCUT2D eigenvalue weighted by atomic mass is 16.5. The first-order valence-electron chi connectivity index (χ1n) is 34.2. The number of benzene rings is 5. The summed E-state index contributed by atoms with van der Waals surface area (Å²) in [7, 11) is 5.80. The van der Waals surface area contributed by atoms with E-state index in [2.05, 4.69) is 220 Å². The van der Waals surface area contributed by atoms with Gasteiger partial charge in [0.05, 0.1) is 7.11 Å². The van der Waals surface area contributed by atoms with Gasteiger partial charge in [-0.05, 0) is 215 Å². The third kappa shape index (κ3) is 27.9. The topological polar surface area (TPSA) is 12.5 Å². The van der Waals surface area contributed by atoms with E-state index in [0.29, 0.717) is 0 Å². The Bertz CT molecular complexity index is 2410. The second-order valence-corrected chi connectivity index (χ2v) is 27.0. The van der Waals surface area contributed by atoms with Crippen LogP contribution in [0.1, 0.15) is 230 Å². The Hall–Kier alpha value is -4.56. The number of allylic oxidation sites excluding steroid dienone is 4. The molecule has 0 N–H and O–H groups in total. The van der Waals surface area contributed by atoms with Crippen molar-refractivity contribution in [2.75, 3.05) is 26.1 Å². The van der Waals surface area contributed by atoms with Gasteiger partial charge in [0.15, 0.2) is 0 Å². The van der Waals surface area contributed by atoms with E-state index in [-0.39, 0.29) is 4.28 Å². The second kappa shape index (κ2) is 43.1. The molecule has 10 atom stereocenters. The SMILES string of the molecule is C/C=C\C.CC1C2CCC(C2)C1C.CC1CC=CCC1C.CC1CCCC2CCCC(C)C12.CC1CCCCC1C.CCCC.COc1ccccc1C.Cc1cccc2cccc(C)c12.Cc1ccccc1C.Cc1ccccc1N(C)C.[HH].[HH].[HH]. The number of anilines is 1. The zero-order valence-corrected chi connectivity index (χ0v) is 58.5. The van der Waals surface area contributed by atoms with E-state index in [0.717, 1.165) is 76.8 Å². The summed E-state index contributed by atoms with van der Waals surface area (Å²) in [6.07, 6.45) is 33.5. The molecule has 0 saturated heterocycles. The molecule has 11 rings (SSSR count). The summed E-state index contributed by atoms with van der Waals surface area (Å²) in [5.74, 6) is 13.4. The van der Waals surface area contributed by atoms with Crippen molar-refractivity contribution in [3.05, 3.63) is 167 Å². The normalized spacial score (nSPS) is 25.7. The summed E-state index contributed by atoms with van der Waals surface area (Å²) in [4.78, 5) is 2.12. The van der Waals surface area contributed by atoms with Crippen LogP contribution in [0.25, 0.3) is 10.8 Å². The van der Waals surface area contributed by atoms with E-state index in [9.17, 15) is 0 Å². The number of rotatable bonds is 3. The highest BCUT2D eigenvalue weighted by Crippen LogP contribution is 2.51. The Balaban J connectivity index is 0. The summed E-state index contributed by atoms with van der Waals surface area (Å²) in [5.41, 5.74) is 9.27. The van der Waals surface area contributed by atoms with Gasteiger partial charge in [0.1, 0.15) is 5.75 Å². The van der Waals surface area contributed by atoms with Crippen LogP contribution in [-0.2, 0) is 0 Å². The van der Waals surface area contributed by atoms with Crippen LogP contribution >= 0.6 is 0 Å². The molecule has 0 amide bonds. The van der Waals surface area contributed by atoms with Crippen molar-refractivity contribution in [3.63, 3.8) is 0 Å². The van der Waals surface area contributed by atoms with E-state index < -0.39 is 0 Å². The molecule has 2 nitrogen and oxygen atoms in total. The number of nitrogens with zero attached hydrogens (tertiary/aromatic N) is 1. The molecule has 5 aromatic rings. The number of hydrogen-bond acceptors (Lipinski definition) is 2. The van der Waals surface area contributed by atoms with Gasteiger partial charge in [-0.25, -0.2) is 0 Å². The third-order valence-corrected chi connectivity index (χ3v) is 20.3. The number of methoxy groups -OCH3 is 1. The lowest BCUT2D eigenvalue weighted by atomic mass is 9.62. The average Bonchev–Trinajstić information content (AvgIpc) is 3.59. The van der Waals surface area contributed by atoms with E-state index in [1.54, 1.807) is 26.4 Å². The number of unbranched alkanes of at least 4 members (excludes halogenated alkanes) is 1. The molecule has 10 unspecified atom stereocenters. The number of para-hydroxylation sites is 2. The predicted octanol–water partition coefficient (Wildman–Crippen LogP) is 25.9. The molecule has 2 heteroatoms. The van der Waals surface area contributed by atoms with Gasteiger partial charge >= 0.3 is 0 Å². The molecular formula is C82H137NO. The Morgan fingerprint density at radius 1 is 0.429 bits per heavy atom. The van der Waals surface area contributed by atoms with Gasteiger partial charge in [0.2, 0.25) is 0 Å². The van der Waals surface area contributed by atoms with Crippen LogP contribution in [0.4, 0.5) is 5.69 Å². The number of aryl methyl sites for hydroxylation is 6. The highest BCUT2D eigenvalue weighted by molar-refractivity contribution is 5.88. The van der Waals surface area contributed by atoms with Crippen LogP contribution < -0.4 is 9.64 Å². The average molecular weight is 1150 g/mol. The van der Waals surface area contributed by atoms with Gasteiger partial charge in [0, 0.05) is 24.1 Å². The van der Waals surface area contributed by atoms with E-state index in [4.69, 9.17) is 4.74 Å². The lowest BCUT2D eigenvalue weighted by Crippen LogP contribution is -2.34. The molecule has 2 bridgehead atoms. The van der Waals surface area contributed by atoms with Crippen LogP contribution in [0, 0.1) is 113 Å². The Morgan fingerprint density at radius 2 is 0.821 bits per heavy atom. The van der Waals surface area contributed by atoms with Gasteiger partial charge in [-0.15, -0.1) is 0 Å². The van der Waals surface area contributed by atoms with Gasteiger partial charge in [0.25, 0.3) is 0 Å². The fourth-order valence-corrected chi connectivity index (χ4v) is 13.5. The maximum Gasteiger partial charge on any atom is 0.121 e. The lowest BCUT2D eigenvalue weighted by Gasteiger charge is -2.44. The molecule has 0 aromatic heterocycles. The standard InChI is InChI=1S/C12H22.C12H12.C9H13N.C9H16.C8H10O.C8H16.C8H14.C8H10.C4H10.C4H8.3H2/c2*1-9-5-3-7-11-8-4-6-10(2)12(9)11;1-8-6-4-5-7-9(8)10(2)3;1-6-7(2)9-4-3-8(6)5-9;1-7-5-3-4-6-8(7)9-2;3*1-7-5-3-4-6-8(7)2;2*1-3-4-2;;;/h9-12H,3-8H2,1-2H3;3-8H,1-2H3;4-7H,1-3H3;6-9H,3-5H2,1-2H3;3-6H,1-2H3;7-8H,3-6H2,1-2H3;3-4,7-8H,5-6H2,1-2H3;3-6H,1-2H3;3-4H2,1-2H3;3-4H,1-2H3;3*1H/b;;;;;;;;;4-3-;;;. The molecule has 0 radical (unpaired) electrons. The van der Waals surface area contributed by atoms with Crippen molar-refractivity contribution in [1.29, 1.82) is 0 Å². The van der Waals surface area contributed by atoms with Crippen molar-refractivity contribution in [3.8, 4) is 5.75 Å². The van der Waals surface area contributed by atoms with E-state index >= 15 is 0 Å². The van der Waals surface area contributed by atoms with Crippen LogP contribution in [0.3, 0.4) is 0 Å². The smallest absolute Gasteiger partial charge is 0.121 e. The monoisotopic (exact) mass is 1150 g/mol. The molecule has 6 aliphatic rings. The molecule has 5 saturated carbocycles. The maximum atomic E-state index is 5.04. The Morgan fingerprint density at radius 3 is 1.11 bits per heavy atom.